The summed E-state index contributed by atoms with van der Waals surface area (Å²) in [5.41, 5.74) is 3.18. The van der Waals surface area contributed by atoms with Crippen LogP contribution in [-0.4, -0.2) is 45.0 Å². The number of aromatic nitrogens is 3. The third kappa shape index (κ3) is 4.27. The second-order valence-electron chi connectivity index (χ2n) is 8.32. The first-order chi connectivity index (χ1) is 13.8. The SMILES string of the molecule is CC[C@@H]1C[C@@H](C(F)(F)F)n2nc([C@@H]3CCCN(Cc4ccncc4C)C3)cc2N1. The van der Waals surface area contributed by atoms with Gasteiger partial charge in [0.15, 0.2) is 6.04 Å². The molecule has 0 saturated carbocycles. The van der Waals surface area contributed by atoms with Crippen LogP contribution in [0.3, 0.4) is 0 Å². The zero-order chi connectivity index (χ0) is 20.6. The van der Waals surface area contributed by atoms with Gasteiger partial charge in [-0.25, -0.2) is 4.68 Å². The Hall–Kier alpha value is -2.09. The minimum Gasteiger partial charge on any atom is -0.367 e. The molecule has 0 unspecified atom stereocenters. The molecule has 29 heavy (non-hydrogen) atoms. The van der Waals surface area contributed by atoms with Crippen molar-refractivity contribution in [3.8, 4) is 0 Å². The van der Waals surface area contributed by atoms with Gasteiger partial charge in [0.05, 0.1) is 5.69 Å². The van der Waals surface area contributed by atoms with Gasteiger partial charge in [-0.3, -0.25) is 9.88 Å². The fourth-order valence-electron chi connectivity index (χ4n) is 4.50. The number of pyridine rings is 1. The van der Waals surface area contributed by atoms with Gasteiger partial charge in [-0.15, -0.1) is 0 Å². The van der Waals surface area contributed by atoms with E-state index in [1.807, 2.05) is 25.3 Å². The normalized spacial score (nSPS) is 25.5. The third-order valence-corrected chi connectivity index (χ3v) is 6.23. The summed E-state index contributed by atoms with van der Waals surface area (Å²) in [5, 5.41) is 7.69. The summed E-state index contributed by atoms with van der Waals surface area (Å²) in [6.45, 7) is 6.61. The number of anilines is 1. The zero-order valence-corrected chi connectivity index (χ0v) is 16.9. The second-order valence-corrected chi connectivity index (χ2v) is 8.32. The Labute approximate surface area is 169 Å². The highest BCUT2D eigenvalue weighted by molar-refractivity contribution is 5.42. The van der Waals surface area contributed by atoms with Gasteiger partial charge in [0.2, 0.25) is 0 Å². The maximum atomic E-state index is 13.6. The van der Waals surface area contributed by atoms with Crippen molar-refractivity contribution in [1.29, 1.82) is 0 Å². The molecule has 3 atom stereocenters. The number of nitrogens with zero attached hydrogens (tertiary/aromatic N) is 4. The number of likely N-dealkylation sites (tertiary alicyclic amines) is 1. The number of hydrogen-bond acceptors (Lipinski definition) is 4. The highest BCUT2D eigenvalue weighted by atomic mass is 19.4. The van der Waals surface area contributed by atoms with Crippen LogP contribution in [0, 0.1) is 6.92 Å². The van der Waals surface area contributed by atoms with Crippen LogP contribution >= 0.6 is 0 Å². The van der Waals surface area contributed by atoms with Gasteiger partial charge in [-0.2, -0.15) is 18.3 Å². The highest BCUT2D eigenvalue weighted by Crippen LogP contribution is 2.41. The lowest BCUT2D eigenvalue weighted by molar-refractivity contribution is -0.173. The van der Waals surface area contributed by atoms with E-state index in [-0.39, 0.29) is 18.4 Å². The molecule has 1 N–H and O–H groups in total. The standard InChI is InChI=1S/C21H28F3N5/c1-3-17-9-19(21(22,23)24)29-20(26-17)10-18(27-29)16-5-4-8-28(13-16)12-15-6-7-25-11-14(15)2/h6-7,10-11,16-17,19,26H,3-5,8-9,12-13H2,1-2H3/t16-,17-,19+/m1/s1. The summed E-state index contributed by atoms with van der Waals surface area (Å²) in [7, 11) is 0. The Morgan fingerprint density at radius 1 is 1.31 bits per heavy atom. The molecule has 158 valence electrons. The molecular weight excluding hydrogens is 379 g/mol. The van der Waals surface area contributed by atoms with E-state index < -0.39 is 12.2 Å². The maximum Gasteiger partial charge on any atom is 0.410 e. The van der Waals surface area contributed by atoms with Crippen LogP contribution in [0.2, 0.25) is 0 Å². The molecule has 2 aromatic rings. The minimum atomic E-state index is -4.29. The van der Waals surface area contributed by atoms with Crippen molar-refractivity contribution in [2.24, 2.45) is 0 Å². The molecule has 0 amide bonds. The molecule has 0 aromatic carbocycles. The molecule has 5 nitrogen and oxygen atoms in total. The molecule has 0 bridgehead atoms. The van der Waals surface area contributed by atoms with E-state index >= 15 is 0 Å². The first-order valence-corrected chi connectivity index (χ1v) is 10.4. The molecule has 2 aliphatic heterocycles. The molecule has 0 radical (unpaired) electrons. The Balaban J connectivity index is 1.53. The molecule has 1 fully saturated rings. The van der Waals surface area contributed by atoms with Gasteiger partial charge in [-0.05, 0) is 56.3 Å². The first kappa shape index (κ1) is 20.2. The summed E-state index contributed by atoms with van der Waals surface area (Å²) >= 11 is 0. The fourth-order valence-corrected chi connectivity index (χ4v) is 4.50. The lowest BCUT2D eigenvalue weighted by atomic mass is 9.94. The third-order valence-electron chi connectivity index (χ3n) is 6.23. The number of nitrogens with one attached hydrogen (secondary N) is 1. The van der Waals surface area contributed by atoms with Gasteiger partial charge in [-0.1, -0.05) is 6.92 Å². The summed E-state index contributed by atoms with van der Waals surface area (Å²) < 4.78 is 42.0. The van der Waals surface area contributed by atoms with E-state index in [0.29, 0.717) is 12.2 Å². The predicted octanol–water partition coefficient (Wildman–Crippen LogP) is 4.66. The number of piperidine rings is 1. The Bertz CT molecular complexity index is 847. The van der Waals surface area contributed by atoms with Crippen LogP contribution in [-0.2, 0) is 6.54 Å². The monoisotopic (exact) mass is 407 g/mol. The number of alkyl halides is 3. The van der Waals surface area contributed by atoms with E-state index in [1.165, 1.54) is 10.2 Å². The topological polar surface area (TPSA) is 46.0 Å². The number of halogens is 3. The maximum absolute atomic E-state index is 13.6. The molecule has 2 aromatic heterocycles. The van der Waals surface area contributed by atoms with Crippen LogP contribution in [0.1, 0.15) is 61.4 Å². The van der Waals surface area contributed by atoms with Crippen molar-refractivity contribution in [3.05, 3.63) is 41.3 Å². The summed E-state index contributed by atoms with van der Waals surface area (Å²) in [5.74, 6) is 0.655. The minimum absolute atomic E-state index is 0.0340. The van der Waals surface area contributed by atoms with E-state index in [2.05, 4.69) is 27.2 Å². The van der Waals surface area contributed by atoms with Crippen molar-refractivity contribution in [2.75, 3.05) is 18.4 Å². The molecule has 4 rings (SSSR count). The van der Waals surface area contributed by atoms with Gasteiger partial charge in [0, 0.05) is 43.5 Å². The van der Waals surface area contributed by atoms with Crippen molar-refractivity contribution in [3.63, 3.8) is 0 Å². The van der Waals surface area contributed by atoms with E-state index in [4.69, 9.17) is 0 Å². The van der Waals surface area contributed by atoms with Crippen LogP contribution in [0.15, 0.2) is 24.5 Å². The number of hydrogen-bond donors (Lipinski definition) is 1. The van der Waals surface area contributed by atoms with Crippen molar-refractivity contribution in [2.45, 2.75) is 70.3 Å². The molecular formula is C21H28F3N5. The van der Waals surface area contributed by atoms with Gasteiger partial charge in [0.25, 0.3) is 0 Å². The number of rotatable bonds is 4. The molecule has 2 aliphatic rings. The van der Waals surface area contributed by atoms with Crippen molar-refractivity contribution < 1.29 is 13.2 Å². The van der Waals surface area contributed by atoms with Crippen LogP contribution in [0.5, 0.6) is 0 Å². The largest absolute Gasteiger partial charge is 0.410 e. The van der Waals surface area contributed by atoms with E-state index in [0.717, 1.165) is 43.7 Å². The Morgan fingerprint density at radius 2 is 2.14 bits per heavy atom. The predicted molar refractivity (Wildman–Crippen MR) is 106 cm³/mol. The van der Waals surface area contributed by atoms with Gasteiger partial charge < -0.3 is 5.32 Å². The summed E-state index contributed by atoms with van der Waals surface area (Å²) in [4.78, 5) is 6.52. The van der Waals surface area contributed by atoms with Gasteiger partial charge in [0.1, 0.15) is 5.82 Å². The average molecular weight is 407 g/mol. The lowest BCUT2D eigenvalue weighted by Gasteiger charge is -2.33. The average Bonchev–Trinajstić information content (AvgIpc) is 3.12. The molecule has 0 aliphatic carbocycles. The number of aryl methyl sites for hydroxylation is 1. The van der Waals surface area contributed by atoms with Crippen LogP contribution < -0.4 is 5.32 Å². The van der Waals surface area contributed by atoms with Crippen LogP contribution in [0.25, 0.3) is 0 Å². The van der Waals surface area contributed by atoms with Crippen LogP contribution in [0.4, 0.5) is 19.0 Å². The molecule has 1 saturated heterocycles. The fraction of sp³-hybridized carbons (Fsp3) is 0.619. The van der Waals surface area contributed by atoms with E-state index in [9.17, 15) is 13.2 Å². The van der Waals surface area contributed by atoms with Crippen molar-refractivity contribution in [1.82, 2.24) is 19.7 Å². The Morgan fingerprint density at radius 3 is 2.86 bits per heavy atom. The highest BCUT2D eigenvalue weighted by Gasteiger charge is 2.46. The quantitative estimate of drug-likeness (QED) is 0.801. The summed E-state index contributed by atoms with van der Waals surface area (Å²) in [6, 6.07) is 2.16. The molecule has 0 spiro atoms. The number of fused-ring (bicyclic) bond motifs is 1. The molecule has 8 heteroatoms. The van der Waals surface area contributed by atoms with Crippen molar-refractivity contribution >= 4 is 5.82 Å². The summed E-state index contributed by atoms with van der Waals surface area (Å²) in [6.07, 6.45) is 2.06. The molecule has 4 heterocycles. The smallest absolute Gasteiger partial charge is 0.367 e. The second kappa shape index (κ2) is 7.97. The lowest BCUT2D eigenvalue weighted by Crippen LogP contribution is -2.39. The Kier molecular flexibility index (Phi) is 5.55. The zero-order valence-electron chi connectivity index (χ0n) is 16.9. The first-order valence-electron chi connectivity index (χ1n) is 10.4. The van der Waals surface area contributed by atoms with E-state index in [1.54, 1.807) is 6.20 Å². The van der Waals surface area contributed by atoms with Gasteiger partial charge >= 0.3 is 6.18 Å².